The molecular formula is C20H16FN3O4S2. The second kappa shape index (κ2) is 8.25. The number of benzene rings is 2. The number of rotatable bonds is 7. The van der Waals surface area contributed by atoms with Crippen LogP contribution in [-0.4, -0.2) is 25.2 Å². The van der Waals surface area contributed by atoms with Crippen molar-refractivity contribution in [2.75, 3.05) is 11.3 Å². The van der Waals surface area contributed by atoms with E-state index in [0.717, 1.165) is 11.3 Å². The molecule has 154 valence electrons. The zero-order chi connectivity index (χ0) is 21.1. The van der Waals surface area contributed by atoms with Crippen LogP contribution in [0.15, 0.2) is 68.7 Å². The summed E-state index contributed by atoms with van der Waals surface area (Å²) in [7, 11) is -3.84. The molecule has 0 aliphatic carbocycles. The number of hydrogen-bond donors (Lipinski definition) is 1. The maximum absolute atomic E-state index is 13.4. The third-order valence-electron chi connectivity index (χ3n) is 4.03. The van der Waals surface area contributed by atoms with Crippen LogP contribution in [0.5, 0.6) is 5.75 Å². The van der Waals surface area contributed by atoms with E-state index in [1.807, 2.05) is 6.92 Å². The normalized spacial score (nSPS) is 11.4. The minimum Gasteiger partial charge on any atom is -0.492 e. The number of nitrogens with zero attached hydrogens (tertiary/aromatic N) is 2. The van der Waals surface area contributed by atoms with Gasteiger partial charge in [0.15, 0.2) is 0 Å². The molecule has 1 N–H and O–H groups in total. The Hall–Kier alpha value is -3.24. The zero-order valence-corrected chi connectivity index (χ0v) is 17.3. The number of halogens is 1. The lowest BCUT2D eigenvalue weighted by molar-refractivity contribution is 0.342. The Morgan fingerprint density at radius 1 is 1.13 bits per heavy atom. The van der Waals surface area contributed by atoms with Crippen molar-refractivity contribution < 1.29 is 22.1 Å². The Morgan fingerprint density at radius 3 is 2.77 bits per heavy atom. The highest BCUT2D eigenvalue weighted by Crippen LogP contribution is 2.32. The van der Waals surface area contributed by atoms with Gasteiger partial charge in [-0.25, -0.2) is 12.8 Å². The first kappa shape index (κ1) is 20.0. The van der Waals surface area contributed by atoms with Gasteiger partial charge in [0, 0.05) is 10.9 Å². The molecule has 10 heteroatoms. The average molecular weight is 445 g/mol. The van der Waals surface area contributed by atoms with Crippen molar-refractivity contribution in [2.24, 2.45) is 0 Å². The van der Waals surface area contributed by atoms with E-state index in [1.165, 1.54) is 18.2 Å². The summed E-state index contributed by atoms with van der Waals surface area (Å²) in [5.74, 6) is 0.378. The topological polar surface area (TPSA) is 94.3 Å². The van der Waals surface area contributed by atoms with Crippen LogP contribution in [0.3, 0.4) is 0 Å². The maximum atomic E-state index is 13.4. The highest BCUT2D eigenvalue weighted by molar-refractivity contribution is 7.94. The van der Waals surface area contributed by atoms with Crippen LogP contribution < -0.4 is 9.46 Å². The molecule has 0 amide bonds. The van der Waals surface area contributed by atoms with Gasteiger partial charge < -0.3 is 9.26 Å². The Bertz CT molecular complexity index is 1280. The molecule has 2 aromatic carbocycles. The molecule has 0 bridgehead atoms. The first-order chi connectivity index (χ1) is 14.5. The highest BCUT2D eigenvalue weighted by Gasteiger charge is 2.21. The van der Waals surface area contributed by atoms with E-state index < -0.39 is 15.8 Å². The summed E-state index contributed by atoms with van der Waals surface area (Å²) < 4.78 is 52.3. The zero-order valence-electron chi connectivity index (χ0n) is 15.7. The monoisotopic (exact) mass is 445 g/mol. The number of ether oxygens (including phenoxy) is 1. The first-order valence-corrected chi connectivity index (χ1v) is 11.3. The molecule has 0 fully saturated rings. The van der Waals surface area contributed by atoms with Crippen molar-refractivity contribution in [3.63, 3.8) is 0 Å². The summed E-state index contributed by atoms with van der Waals surface area (Å²) >= 11 is 1.02. The van der Waals surface area contributed by atoms with Crippen molar-refractivity contribution >= 4 is 27.0 Å². The van der Waals surface area contributed by atoms with Crippen LogP contribution in [0, 0.1) is 5.82 Å². The van der Waals surface area contributed by atoms with Gasteiger partial charge in [0.2, 0.25) is 5.82 Å². The molecule has 30 heavy (non-hydrogen) atoms. The van der Waals surface area contributed by atoms with Crippen LogP contribution in [0.25, 0.3) is 22.8 Å². The van der Waals surface area contributed by atoms with Gasteiger partial charge in [-0.05, 0) is 37.3 Å². The highest BCUT2D eigenvalue weighted by atomic mass is 32.2. The summed E-state index contributed by atoms with van der Waals surface area (Å²) in [4.78, 5) is 4.24. The van der Waals surface area contributed by atoms with E-state index in [9.17, 15) is 12.8 Å². The van der Waals surface area contributed by atoms with Crippen LogP contribution in [-0.2, 0) is 10.0 Å². The molecule has 0 aliphatic heterocycles. The largest absolute Gasteiger partial charge is 0.492 e. The Balaban J connectivity index is 1.58. The number of sulfonamides is 1. The standard InChI is InChI=1S/C20H16FN3O4S2/c1-2-27-17-9-4-3-8-16(17)24-30(25,26)18-11-14(12-29-18)20-22-19(23-28-20)13-6-5-7-15(21)10-13/h3-12,24H,2H2,1H3. The molecule has 4 rings (SSSR count). The van der Waals surface area contributed by atoms with E-state index >= 15 is 0 Å². The number of aromatic nitrogens is 2. The summed E-state index contributed by atoms with van der Waals surface area (Å²) in [6.07, 6.45) is 0. The minimum absolute atomic E-state index is 0.0781. The number of hydrogen-bond acceptors (Lipinski definition) is 7. The predicted molar refractivity (Wildman–Crippen MR) is 111 cm³/mol. The van der Waals surface area contributed by atoms with Crippen molar-refractivity contribution in [1.29, 1.82) is 0 Å². The van der Waals surface area contributed by atoms with Crippen molar-refractivity contribution in [2.45, 2.75) is 11.1 Å². The minimum atomic E-state index is -3.84. The fourth-order valence-electron chi connectivity index (χ4n) is 2.68. The average Bonchev–Trinajstić information content (AvgIpc) is 3.40. The predicted octanol–water partition coefficient (Wildman–Crippen LogP) is 4.80. The summed E-state index contributed by atoms with van der Waals surface area (Å²) in [6.45, 7) is 2.23. The molecule has 0 saturated heterocycles. The van der Waals surface area contributed by atoms with Crippen molar-refractivity contribution in [1.82, 2.24) is 10.1 Å². The SMILES string of the molecule is CCOc1ccccc1NS(=O)(=O)c1cc(-c2nc(-c3cccc(F)c3)no2)cs1. The van der Waals surface area contributed by atoms with E-state index in [4.69, 9.17) is 9.26 Å². The molecule has 0 unspecified atom stereocenters. The summed E-state index contributed by atoms with van der Waals surface area (Å²) in [6, 6.07) is 14.0. The van der Waals surface area contributed by atoms with Gasteiger partial charge in [0.05, 0.1) is 17.9 Å². The smallest absolute Gasteiger partial charge is 0.271 e. The van der Waals surface area contributed by atoms with Gasteiger partial charge in [0.1, 0.15) is 15.8 Å². The fraction of sp³-hybridized carbons (Fsp3) is 0.100. The Morgan fingerprint density at radius 2 is 1.97 bits per heavy atom. The van der Waals surface area contributed by atoms with Crippen LogP contribution in [0.1, 0.15) is 6.92 Å². The van der Waals surface area contributed by atoms with Crippen LogP contribution in [0.4, 0.5) is 10.1 Å². The number of nitrogens with one attached hydrogen (secondary N) is 1. The van der Waals surface area contributed by atoms with Gasteiger partial charge in [-0.15, -0.1) is 11.3 Å². The number of para-hydroxylation sites is 2. The first-order valence-electron chi connectivity index (χ1n) is 8.89. The molecule has 0 spiro atoms. The molecule has 2 aromatic heterocycles. The van der Waals surface area contributed by atoms with E-state index in [-0.39, 0.29) is 15.9 Å². The molecular weight excluding hydrogens is 429 g/mol. The van der Waals surface area contributed by atoms with Crippen LogP contribution >= 0.6 is 11.3 Å². The molecule has 0 aliphatic rings. The second-order valence-corrected chi connectivity index (χ2v) is 8.94. The lowest BCUT2D eigenvalue weighted by atomic mass is 10.2. The van der Waals surface area contributed by atoms with E-state index in [1.54, 1.807) is 41.8 Å². The molecule has 0 saturated carbocycles. The third kappa shape index (κ3) is 4.19. The molecule has 7 nitrogen and oxygen atoms in total. The van der Waals surface area contributed by atoms with Gasteiger partial charge >= 0.3 is 0 Å². The summed E-state index contributed by atoms with van der Waals surface area (Å²) in [5, 5.41) is 5.45. The molecule has 4 aromatic rings. The van der Waals surface area contributed by atoms with Crippen LogP contribution in [0.2, 0.25) is 0 Å². The van der Waals surface area contributed by atoms with E-state index in [0.29, 0.717) is 29.2 Å². The maximum Gasteiger partial charge on any atom is 0.271 e. The Labute approximate surface area is 176 Å². The van der Waals surface area contributed by atoms with Crippen molar-refractivity contribution in [3.8, 4) is 28.6 Å². The Kier molecular flexibility index (Phi) is 5.51. The van der Waals surface area contributed by atoms with Gasteiger partial charge in [-0.1, -0.05) is 29.4 Å². The van der Waals surface area contributed by atoms with Gasteiger partial charge in [-0.2, -0.15) is 4.98 Å². The lowest BCUT2D eigenvalue weighted by Crippen LogP contribution is -2.12. The molecule has 0 radical (unpaired) electrons. The van der Waals surface area contributed by atoms with Gasteiger partial charge in [-0.3, -0.25) is 4.72 Å². The third-order valence-corrected chi connectivity index (χ3v) is 6.83. The van der Waals surface area contributed by atoms with Gasteiger partial charge in [0.25, 0.3) is 15.9 Å². The fourth-order valence-corrected chi connectivity index (χ4v) is 4.91. The quantitative estimate of drug-likeness (QED) is 0.439. The molecule has 0 atom stereocenters. The number of anilines is 1. The second-order valence-electron chi connectivity index (χ2n) is 6.12. The van der Waals surface area contributed by atoms with E-state index in [2.05, 4.69) is 14.9 Å². The number of thiophene rings is 1. The molecule has 2 heterocycles. The summed E-state index contributed by atoms with van der Waals surface area (Å²) in [5.41, 5.74) is 1.26. The van der Waals surface area contributed by atoms with Crippen molar-refractivity contribution in [3.05, 3.63) is 65.8 Å². The lowest BCUT2D eigenvalue weighted by Gasteiger charge is -2.11.